The Morgan fingerprint density at radius 1 is 1.03 bits per heavy atom. The zero-order valence-electron chi connectivity index (χ0n) is 17.2. The van der Waals surface area contributed by atoms with Gasteiger partial charge in [-0.3, -0.25) is 14.4 Å². The van der Waals surface area contributed by atoms with E-state index in [0.717, 1.165) is 16.9 Å². The summed E-state index contributed by atoms with van der Waals surface area (Å²) in [5.74, 6) is -2.37. The topological polar surface area (TPSA) is 111 Å². The van der Waals surface area contributed by atoms with Gasteiger partial charge >= 0.3 is 11.9 Å². The molecular formula is C21H24N2O6S. The smallest absolute Gasteiger partial charge is 0.350 e. The lowest BCUT2D eigenvalue weighted by Gasteiger charge is -2.19. The van der Waals surface area contributed by atoms with Gasteiger partial charge in [0.05, 0.1) is 12.8 Å². The van der Waals surface area contributed by atoms with Crippen LogP contribution in [0.4, 0.5) is 5.69 Å². The van der Waals surface area contributed by atoms with Crippen molar-refractivity contribution in [3.63, 3.8) is 0 Å². The normalized spacial score (nSPS) is 10.8. The van der Waals surface area contributed by atoms with Gasteiger partial charge in [0.15, 0.2) is 6.61 Å². The number of nitrogens with one attached hydrogen (secondary N) is 2. The second-order valence-electron chi connectivity index (χ2n) is 7.37. The first-order chi connectivity index (χ1) is 14.1. The highest BCUT2D eigenvalue weighted by atomic mass is 32.1. The molecule has 2 rings (SSSR count). The molecule has 30 heavy (non-hydrogen) atoms. The van der Waals surface area contributed by atoms with Gasteiger partial charge in [0.2, 0.25) is 0 Å². The monoisotopic (exact) mass is 432 g/mol. The molecule has 9 heteroatoms. The third-order valence-electron chi connectivity index (χ3n) is 4.08. The van der Waals surface area contributed by atoms with E-state index in [1.54, 1.807) is 23.6 Å². The van der Waals surface area contributed by atoms with Gasteiger partial charge in [-0.2, -0.15) is 0 Å². The third-order valence-corrected chi connectivity index (χ3v) is 4.98. The number of thiophene rings is 1. The van der Waals surface area contributed by atoms with Gasteiger partial charge in [-0.25, -0.2) is 4.79 Å². The fraction of sp³-hybridized carbons (Fsp3) is 0.333. The molecule has 160 valence electrons. The van der Waals surface area contributed by atoms with Gasteiger partial charge in [0, 0.05) is 5.56 Å². The van der Waals surface area contributed by atoms with E-state index in [1.807, 2.05) is 12.1 Å². The SMILES string of the molecule is COC(=O)c1sccc1NC(=O)COC(=O)CNC(=O)c1ccc(C(C)(C)C)cc1. The van der Waals surface area contributed by atoms with Crippen molar-refractivity contribution in [2.45, 2.75) is 26.2 Å². The van der Waals surface area contributed by atoms with Crippen LogP contribution in [0.25, 0.3) is 0 Å². The molecule has 0 aliphatic carbocycles. The molecule has 0 aliphatic heterocycles. The summed E-state index contributed by atoms with van der Waals surface area (Å²) >= 11 is 1.12. The standard InChI is InChI=1S/C21H24N2O6S/c1-21(2,3)14-7-5-13(6-8-14)19(26)22-11-17(25)29-12-16(24)23-15-9-10-30-18(15)20(27)28-4/h5-10H,11-12H2,1-4H3,(H,22,26)(H,23,24). The van der Waals surface area contributed by atoms with Crippen LogP contribution in [-0.2, 0) is 24.5 Å². The highest BCUT2D eigenvalue weighted by Gasteiger charge is 2.17. The summed E-state index contributed by atoms with van der Waals surface area (Å²) in [6.45, 7) is 5.29. The molecule has 1 heterocycles. The lowest BCUT2D eigenvalue weighted by Crippen LogP contribution is -2.32. The summed E-state index contributed by atoms with van der Waals surface area (Å²) in [7, 11) is 1.24. The molecule has 0 fully saturated rings. The Kier molecular flexibility index (Phi) is 7.71. The van der Waals surface area contributed by atoms with Crippen molar-refractivity contribution in [2.75, 3.05) is 25.6 Å². The van der Waals surface area contributed by atoms with Crippen molar-refractivity contribution in [2.24, 2.45) is 0 Å². The summed E-state index contributed by atoms with van der Waals surface area (Å²) in [6, 6.07) is 8.65. The van der Waals surface area contributed by atoms with Crippen molar-refractivity contribution in [1.29, 1.82) is 0 Å². The van der Waals surface area contributed by atoms with Crippen LogP contribution in [0, 0.1) is 0 Å². The Morgan fingerprint density at radius 2 is 1.70 bits per heavy atom. The number of methoxy groups -OCH3 is 1. The molecule has 2 amide bonds. The van der Waals surface area contributed by atoms with E-state index >= 15 is 0 Å². The molecule has 0 unspecified atom stereocenters. The van der Waals surface area contributed by atoms with Crippen LogP contribution in [0.2, 0.25) is 0 Å². The minimum absolute atomic E-state index is 0.0278. The average molecular weight is 432 g/mol. The average Bonchev–Trinajstić information content (AvgIpc) is 3.17. The van der Waals surface area contributed by atoms with Crippen LogP contribution in [0.3, 0.4) is 0 Å². The summed E-state index contributed by atoms with van der Waals surface area (Å²) < 4.78 is 9.47. The van der Waals surface area contributed by atoms with Gasteiger partial charge in [-0.15, -0.1) is 11.3 Å². The zero-order valence-corrected chi connectivity index (χ0v) is 18.1. The van der Waals surface area contributed by atoms with Crippen molar-refractivity contribution in [1.82, 2.24) is 5.32 Å². The van der Waals surface area contributed by atoms with E-state index in [0.29, 0.717) is 5.56 Å². The van der Waals surface area contributed by atoms with Crippen LogP contribution >= 0.6 is 11.3 Å². The second-order valence-corrected chi connectivity index (χ2v) is 8.29. The number of hydrogen-bond donors (Lipinski definition) is 2. The van der Waals surface area contributed by atoms with Gasteiger partial charge in [0.25, 0.3) is 11.8 Å². The number of esters is 2. The van der Waals surface area contributed by atoms with E-state index in [9.17, 15) is 19.2 Å². The largest absolute Gasteiger partial charge is 0.465 e. The fourth-order valence-electron chi connectivity index (χ4n) is 2.42. The Balaban J connectivity index is 1.78. The number of benzene rings is 1. The maximum atomic E-state index is 12.1. The Bertz CT molecular complexity index is 928. The first kappa shape index (κ1) is 23.1. The second kappa shape index (κ2) is 10.0. The molecule has 0 spiro atoms. The molecule has 0 saturated heterocycles. The Hall–Kier alpha value is -3.20. The van der Waals surface area contributed by atoms with E-state index in [1.165, 1.54) is 7.11 Å². The zero-order chi connectivity index (χ0) is 22.3. The maximum absolute atomic E-state index is 12.1. The van der Waals surface area contributed by atoms with Gasteiger partial charge in [-0.1, -0.05) is 32.9 Å². The summed E-state index contributed by atoms with van der Waals surface area (Å²) in [5.41, 5.74) is 1.76. The molecule has 1 aromatic heterocycles. The minimum Gasteiger partial charge on any atom is -0.465 e. The minimum atomic E-state index is -0.761. The molecule has 1 aromatic carbocycles. The molecule has 2 N–H and O–H groups in total. The van der Waals surface area contributed by atoms with E-state index in [4.69, 9.17) is 4.74 Å². The first-order valence-electron chi connectivity index (χ1n) is 9.12. The molecule has 0 radical (unpaired) electrons. The summed E-state index contributed by atoms with van der Waals surface area (Å²) in [5, 5.41) is 6.55. The Morgan fingerprint density at radius 3 is 2.30 bits per heavy atom. The van der Waals surface area contributed by atoms with Gasteiger partial charge in [0.1, 0.15) is 11.4 Å². The van der Waals surface area contributed by atoms with Crippen molar-refractivity contribution in [3.8, 4) is 0 Å². The van der Waals surface area contributed by atoms with Gasteiger partial charge < -0.3 is 20.1 Å². The summed E-state index contributed by atoms with van der Waals surface area (Å²) in [6.07, 6.45) is 0. The molecule has 8 nitrogen and oxygen atoms in total. The number of anilines is 1. The highest BCUT2D eigenvalue weighted by Crippen LogP contribution is 2.23. The quantitative estimate of drug-likeness (QED) is 0.651. The number of amides is 2. The van der Waals surface area contributed by atoms with Crippen molar-refractivity contribution in [3.05, 3.63) is 51.7 Å². The lowest BCUT2D eigenvalue weighted by atomic mass is 9.87. The highest BCUT2D eigenvalue weighted by molar-refractivity contribution is 7.12. The molecule has 2 aromatic rings. The van der Waals surface area contributed by atoms with E-state index in [2.05, 4.69) is 36.1 Å². The van der Waals surface area contributed by atoms with Crippen LogP contribution < -0.4 is 10.6 Å². The maximum Gasteiger partial charge on any atom is 0.350 e. The van der Waals surface area contributed by atoms with Crippen LogP contribution in [0.15, 0.2) is 35.7 Å². The number of carbonyl (C=O) groups excluding carboxylic acids is 4. The first-order valence-corrected chi connectivity index (χ1v) is 10.00. The molecule has 0 atom stereocenters. The van der Waals surface area contributed by atoms with E-state index < -0.39 is 30.4 Å². The molecule has 0 saturated carbocycles. The number of ether oxygens (including phenoxy) is 2. The Labute approximate surface area is 178 Å². The predicted octanol–water partition coefficient (Wildman–Crippen LogP) is 2.74. The van der Waals surface area contributed by atoms with Crippen LogP contribution in [-0.4, -0.2) is 44.0 Å². The number of carbonyl (C=O) groups is 4. The van der Waals surface area contributed by atoms with Crippen molar-refractivity contribution < 1.29 is 28.7 Å². The fourth-order valence-corrected chi connectivity index (χ4v) is 3.18. The predicted molar refractivity (Wildman–Crippen MR) is 113 cm³/mol. The van der Waals surface area contributed by atoms with Crippen LogP contribution in [0.1, 0.15) is 46.4 Å². The molecule has 0 bridgehead atoms. The summed E-state index contributed by atoms with van der Waals surface area (Å²) in [4.78, 5) is 47.7. The van der Waals surface area contributed by atoms with Crippen molar-refractivity contribution >= 4 is 40.8 Å². The number of rotatable bonds is 7. The molecular weight excluding hydrogens is 408 g/mol. The lowest BCUT2D eigenvalue weighted by molar-refractivity contribution is -0.146. The third kappa shape index (κ3) is 6.41. The van der Waals surface area contributed by atoms with Gasteiger partial charge in [-0.05, 0) is 34.6 Å². The number of hydrogen-bond acceptors (Lipinski definition) is 7. The van der Waals surface area contributed by atoms with Crippen LogP contribution in [0.5, 0.6) is 0 Å². The molecule has 0 aliphatic rings. The van der Waals surface area contributed by atoms with E-state index in [-0.39, 0.29) is 22.5 Å².